The lowest BCUT2D eigenvalue weighted by molar-refractivity contribution is 0.0746. The number of benzene rings is 1. The highest BCUT2D eigenvalue weighted by Gasteiger charge is 2.24. The molecule has 1 amide bonds. The highest BCUT2D eigenvalue weighted by atomic mass is 16.5. The number of anilines is 2. The Morgan fingerprint density at radius 2 is 1.77 bits per heavy atom. The maximum Gasteiger partial charge on any atom is 0.254 e. The summed E-state index contributed by atoms with van der Waals surface area (Å²) in [5.74, 6) is 3.46. The predicted octanol–water partition coefficient (Wildman–Crippen LogP) is 2.99. The summed E-state index contributed by atoms with van der Waals surface area (Å²) in [7, 11) is 1.63. The Hall–Kier alpha value is -2.83. The number of hydrogen-bond donors (Lipinski definition) is 0. The van der Waals surface area contributed by atoms with Gasteiger partial charge in [-0.1, -0.05) is 13.0 Å². The Bertz CT molecular complexity index is 895. The third-order valence-corrected chi connectivity index (χ3v) is 6.17. The lowest BCUT2D eigenvalue weighted by atomic mass is 10.0. The predicted molar refractivity (Wildman–Crippen MR) is 118 cm³/mol. The van der Waals surface area contributed by atoms with Gasteiger partial charge in [-0.3, -0.25) is 4.79 Å². The zero-order chi connectivity index (χ0) is 21.1. The van der Waals surface area contributed by atoms with E-state index in [0.717, 1.165) is 49.1 Å². The van der Waals surface area contributed by atoms with Crippen LogP contribution < -0.4 is 14.5 Å². The molecule has 1 atom stereocenters. The second-order valence-electron chi connectivity index (χ2n) is 8.39. The van der Waals surface area contributed by atoms with Crippen LogP contribution in [0.1, 0.15) is 35.7 Å². The number of carbonyl (C=O) groups is 1. The molecule has 2 aliphatic heterocycles. The Labute approximate surface area is 178 Å². The topological polar surface area (TPSA) is 61.8 Å². The summed E-state index contributed by atoms with van der Waals surface area (Å²) in [6.45, 7) is 9.27. The van der Waals surface area contributed by atoms with Crippen LogP contribution in [-0.4, -0.2) is 67.2 Å². The van der Waals surface area contributed by atoms with Crippen LogP contribution in [0.15, 0.2) is 30.6 Å². The smallest absolute Gasteiger partial charge is 0.254 e. The zero-order valence-corrected chi connectivity index (χ0v) is 18.2. The number of hydrogen-bond acceptors (Lipinski definition) is 6. The third kappa shape index (κ3) is 4.35. The fraction of sp³-hybridized carbons (Fsp3) is 0.522. The van der Waals surface area contributed by atoms with Crippen LogP contribution in [0.4, 0.5) is 11.6 Å². The molecule has 0 saturated carbocycles. The highest BCUT2D eigenvalue weighted by Crippen LogP contribution is 2.25. The van der Waals surface area contributed by atoms with Crippen molar-refractivity contribution in [2.45, 2.75) is 26.7 Å². The number of nitrogens with zero attached hydrogens (tertiary/aromatic N) is 5. The van der Waals surface area contributed by atoms with Crippen LogP contribution in [-0.2, 0) is 0 Å². The molecule has 1 aromatic heterocycles. The number of carbonyl (C=O) groups excluding carboxylic acids is 1. The molecule has 4 rings (SSSR count). The monoisotopic (exact) mass is 409 g/mol. The SMILES string of the molecule is COc1cc(C(=O)N2CCN(c3cc(N4CCCC(C)C4)ncn3)CC2)ccc1C. The van der Waals surface area contributed by atoms with Gasteiger partial charge in [-0.2, -0.15) is 0 Å². The standard InChI is InChI=1S/C23H31N5O2/c1-17-5-4-8-28(15-17)22-14-21(24-16-25-22)26-9-11-27(12-10-26)23(29)19-7-6-18(2)20(13-19)30-3/h6-7,13-14,16-17H,4-5,8-12,15H2,1-3H3. The molecule has 0 N–H and O–H groups in total. The van der Waals surface area contributed by atoms with Crippen LogP contribution >= 0.6 is 0 Å². The number of aromatic nitrogens is 2. The Morgan fingerprint density at radius 3 is 2.47 bits per heavy atom. The van der Waals surface area contributed by atoms with Crippen molar-refractivity contribution in [1.29, 1.82) is 0 Å². The maximum absolute atomic E-state index is 12.9. The van der Waals surface area contributed by atoms with Crippen molar-refractivity contribution < 1.29 is 9.53 Å². The van der Waals surface area contributed by atoms with E-state index in [1.54, 1.807) is 13.4 Å². The summed E-state index contributed by atoms with van der Waals surface area (Å²) < 4.78 is 5.37. The number of piperazine rings is 1. The van der Waals surface area contributed by atoms with E-state index in [0.29, 0.717) is 24.6 Å². The van der Waals surface area contributed by atoms with Gasteiger partial charge in [0.1, 0.15) is 23.7 Å². The molecular weight excluding hydrogens is 378 g/mol. The summed E-state index contributed by atoms with van der Waals surface area (Å²) in [6.07, 6.45) is 4.17. The van der Waals surface area contributed by atoms with Gasteiger partial charge in [0.15, 0.2) is 0 Å². The van der Waals surface area contributed by atoms with Crippen molar-refractivity contribution in [1.82, 2.24) is 14.9 Å². The van der Waals surface area contributed by atoms with Crippen molar-refractivity contribution in [3.8, 4) is 5.75 Å². The Morgan fingerprint density at radius 1 is 1.03 bits per heavy atom. The van der Waals surface area contributed by atoms with Crippen molar-refractivity contribution in [2.24, 2.45) is 5.92 Å². The van der Waals surface area contributed by atoms with Crippen LogP contribution in [0.25, 0.3) is 0 Å². The molecule has 30 heavy (non-hydrogen) atoms. The average molecular weight is 410 g/mol. The molecular formula is C23H31N5O2. The van der Waals surface area contributed by atoms with Gasteiger partial charge in [-0.05, 0) is 43.4 Å². The van der Waals surface area contributed by atoms with E-state index in [4.69, 9.17) is 4.74 Å². The number of ether oxygens (including phenoxy) is 1. The van der Waals surface area contributed by atoms with E-state index in [1.807, 2.05) is 30.0 Å². The molecule has 7 nitrogen and oxygen atoms in total. The largest absolute Gasteiger partial charge is 0.496 e. The van der Waals surface area contributed by atoms with Crippen molar-refractivity contribution in [3.63, 3.8) is 0 Å². The quantitative estimate of drug-likeness (QED) is 0.774. The first kappa shape index (κ1) is 20.4. The number of rotatable bonds is 4. The molecule has 0 bridgehead atoms. The van der Waals surface area contributed by atoms with Gasteiger partial charge in [0.2, 0.25) is 0 Å². The molecule has 0 radical (unpaired) electrons. The molecule has 2 aromatic rings. The Balaban J connectivity index is 1.40. The normalized spacial score (nSPS) is 19.7. The molecule has 1 aromatic carbocycles. The summed E-state index contributed by atoms with van der Waals surface area (Å²) in [6, 6.07) is 7.75. The summed E-state index contributed by atoms with van der Waals surface area (Å²) in [5.41, 5.74) is 1.70. The Kier molecular flexibility index (Phi) is 6.06. The lowest BCUT2D eigenvalue weighted by Crippen LogP contribution is -2.49. The molecule has 2 aliphatic rings. The van der Waals surface area contributed by atoms with Gasteiger partial charge >= 0.3 is 0 Å². The van der Waals surface area contributed by atoms with Crippen LogP contribution in [0, 0.1) is 12.8 Å². The second kappa shape index (κ2) is 8.90. The minimum atomic E-state index is 0.0543. The van der Waals surface area contributed by atoms with E-state index >= 15 is 0 Å². The number of amides is 1. The van der Waals surface area contributed by atoms with Crippen LogP contribution in [0.5, 0.6) is 5.75 Å². The molecule has 7 heteroatoms. The third-order valence-electron chi connectivity index (χ3n) is 6.17. The second-order valence-corrected chi connectivity index (χ2v) is 8.39. The van der Waals surface area contributed by atoms with Crippen molar-refractivity contribution in [3.05, 3.63) is 41.7 Å². The van der Waals surface area contributed by atoms with Gasteiger partial charge < -0.3 is 19.4 Å². The maximum atomic E-state index is 12.9. The van der Waals surface area contributed by atoms with Crippen LogP contribution in [0.3, 0.4) is 0 Å². The van der Waals surface area contributed by atoms with Gasteiger partial charge in [0.05, 0.1) is 7.11 Å². The van der Waals surface area contributed by atoms with Crippen molar-refractivity contribution in [2.75, 3.05) is 56.2 Å². The van der Waals surface area contributed by atoms with Crippen molar-refractivity contribution >= 4 is 17.5 Å². The van der Waals surface area contributed by atoms with E-state index in [-0.39, 0.29) is 5.91 Å². The molecule has 2 saturated heterocycles. The first-order chi connectivity index (χ1) is 14.5. The molecule has 160 valence electrons. The minimum absolute atomic E-state index is 0.0543. The first-order valence-corrected chi connectivity index (χ1v) is 10.8. The molecule has 1 unspecified atom stereocenters. The van der Waals surface area contributed by atoms with Gasteiger partial charge in [-0.15, -0.1) is 0 Å². The summed E-state index contributed by atoms with van der Waals surface area (Å²) in [5, 5.41) is 0. The number of methoxy groups -OCH3 is 1. The molecule has 0 aliphatic carbocycles. The average Bonchev–Trinajstić information content (AvgIpc) is 2.79. The number of piperidine rings is 1. The first-order valence-electron chi connectivity index (χ1n) is 10.8. The van der Waals surface area contributed by atoms with E-state index < -0.39 is 0 Å². The molecule has 2 fully saturated rings. The summed E-state index contributed by atoms with van der Waals surface area (Å²) in [4.78, 5) is 28.5. The van der Waals surface area contributed by atoms with Gasteiger partial charge in [-0.25, -0.2) is 9.97 Å². The minimum Gasteiger partial charge on any atom is -0.496 e. The molecule has 0 spiro atoms. The van der Waals surface area contributed by atoms with Gasteiger partial charge in [0.25, 0.3) is 5.91 Å². The van der Waals surface area contributed by atoms with Crippen LogP contribution in [0.2, 0.25) is 0 Å². The fourth-order valence-electron chi connectivity index (χ4n) is 4.35. The van der Waals surface area contributed by atoms with E-state index in [1.165, 1.54) is 12.8 Å². The lowest BCUT2D eigenvalue weighted by Gasteiger charge is -2.36. The fourth-order valence-corrected chi connectivity index (χ4v) is 4.35. The summed E-state index contributed by atoms with van der Waals surface area (Å²) >= 11 is 0. The highest BCUT2D eigenvalue weighted by molar-refractivity contribution is 5.95. The van der Waals surface area contributed by atoms with Gasteiger partial charge in [0, 0.05) is 50.9 Å². The van der Waals surface area contributed by atoms with E-state index in [2.05, 4.69) is 32.8 Å². The molecule has 3 heterocycles. The number of aryl methyl sites for hydroxylation is 1. The van der Waals surface area contributed by atoms with E-state index in [9.17, 15) is 4.79 Å². The zero-order valence-electron chi connectivity index (χ0n) is 18.2.